The van der Waals surface area contributed by atoms with Crippen LogP contribution < -0.4 is 5.73 Å². The van der Waals surface area contributed by atoms with Crippen molar-refractivity contribution >= 4 is 0 Å². The van der Waals surface area contributed by atoms with Crippen molar-refractivity contribution in [3.8, 4) is 0 Å². The SMILES string of the molecule is CCN1CCCC1CN(C)C1(CN)CC(C)CCC1C. The van der Waals surface area contributed by atoms with Crippen LogP contribution in [0.5, 0.6) is 0 Å². The number of hydrogen-bond donors (Lipinski definition) is 1. The smallest absolute Gasteiger partial charge is 0.0357 e. The molecule has 0 spiro atoms. The summed E-state index contributed by atoms with van der Waals surface area (Å²) < 4.78 is 0. The van der Waals surface area contributed by atoms with Crippen molar-refractivity contribution in [3.05, 3.63) is 0 Å². The molecule has 0 amide bonds. The van der Waals surface area contributed by atoms with Crippen molar-refractivity contribution in [2.45, 2.75) is 64.5 Å². The Labute approximate surface area is 125 Å². The third-order valence-electron chi connectivity index (χ3n) is 6.22. The number of likely N-dealkylation sites (N-methyl/N-ethyl adjacent to an activating group) is 2. The maximum absolute atomic E-state index is 6.28. The van der Waals surface area contributed by atoms with Gasteiger partial charge >= 0.3 is 0 Å². The zero-order chi connectivity index (χ0) is 14.8. The molecule has 1 saturated heterocycles. The van der Waals surface area contributed by atoms with Gasteiger partial charge in [0, 0.05) is 24.7 Å². The Balaban J connectivity index is 2.06. The lowest BCUT2D eigenvalue weighted by Gasteiger charge is -2.51. The second-order valence-corrected chi connectivity index (χ2v) is 7.40. The first kappa shape index (κ1) is 16.3. The molecule has 1 aliphatic carbocycles. The molecule has 2 aliphatic rings. The van der Waals surface area contributed by atoms with Crippen LogP contribution in [0.25, 0.3) is 0 Å². The molecule has 1 heterocycles. The first-order valence-electron chi connectivity index (χ1n) is 8.68. The van der Waals surface area contributed by atoms with E-state index in [-0.39, 0.29) is 5.54 Å². The Morgan fingerprint density at radius 3 is 2.65 bits per heavy atom. The fraction of sp³-hybridized carbons (Fsp3) is 1.00. The quantitative estimate of drug-likeness (QED) is 0.840. The third-order valence-corrected chi connectivity index (χ3v) is 6.22. The maximum Gasteiger partial charge on any atom is 0.0357 e. The van der Waals surface area contributed by atoms with Crippen molar-refractivity contribution in [1.29, 1.82) is 0 Å². The molecule has 0 aromatic heterocycles. The molecule has 3 heteroatoms. The van der Waals surface area contributed by atoms with Crippen LogP contribution in [0, 0.1) is 11.8 Å². The molecular weight excluding hydrogens is 246 g/mol. The van der Waals surface area contributed by atoms with Crippen molar-refractivity contribution < 1.29 is 0 Å². The van der Waals surface area contributed by atoms with E-state index in [0.29, 0.717) is 0 Å². The van der Waals surface area contributed by atoms with Gasteiger partial charge in [-0.2, -0.15) is 0 Å². The minimum atomic E-state index is 0.236. The molecule has 0 bridgehead atoms. The minimum absolute atomic E-state index is 0.236. The van der Waals surface area contributed by atoms with Crippen LogP contribution in [-0.4, -0.2) is 54.6 Å². The monoisotopic (exact) mass is 281 g/mol. The fourth-order valence-electron chi connectivity index (χ4n) is 4.70. The van der Waals surface area contributed by atoms with Crippen LogP contribution in [0.1, 0.15) is 52.9 Å². The first-order chi connectivity index (χ1) is 9.53. The summed E-state index contributed by atoms with van der Waals surface area (Å²) in [7, 11) is 2.33. The Morgan fingerprint density at radius 2 is 2.00 bits per heavy atom. The van der Waals surface area contributed by atoms with Gasteiger partial charge in [-0.3, -0.25) is 9.80 Å². The molecule has 2 fully saturated rings. The average Bonchev–Trinajstić information content (AvgIpc) is 2.88. The Hall–Kier alpha value is -0.120. The van der Waals surface area contributed by atoms with Gasteiger partial charge in [0.1, 0.15) is 0 Å². The summed E-state index contributed by atoms with van der Waals surface area (Å²) in [4.78, 5) is 5.28. The van der Waals surface area contributed by atoms with Gasteiger partial charge in [0.25, 0.3) is 0 Å². The normalized spacial score (nSPS) is 39.6. The molecule has 0 aromatic rings. The van der Waals surface area contributed by atoms with Gasteiger partial charge in [0.05, 0.1) is 0 Å². The van der Waals surface area contributed by atoms with Crippen molar-refractivity contribution in [3.63, 3.8) is 0 Å². The molecule has 4 unspecified atom stereocenters. The summed E-state index contributed by atoms with van der Waals surface area (Å²) in [6.07, 6.45) is 6.73. The van der Waals surface area contributed by atoms with Gasteiger partial charge in [0.15, 0.2) is 0 Å². The molecule has 0 aromatic carbocycles. The Bertz CT molecular complexity index is 307. The number of nitrogens with two attached hydrogens (primary N) is 1. The van der Waals surface area contributed by atoms with E-state index in [0.717, 1.165) is 24.4 Å². The summed E-state index contributed by atoms with van der Waals surface area (Å²) in [6.45, 7) is 11.6. The van der Waals surface area contributed by atoms with Crippen LogP contribution >= 0.6 is 0 Å². The first-order valence-corrected chi connectivity index (χ1v) is 8.68. The van der Waals surface area contributed by atoms with E-state index in [1.165, 1.54) is 51.7 Å². The minimum Gasteiger partial charge on any atom is -0.329 e. The highest BCUT2D eigenvalue weighted by Gasteiger charge is 2.43. The van der Waals surface area contributed by atoms with Crippen LogP contribution in [0.15, 0.2) is 0 Å². The van der Waals surface area contributed by atoms with E-state index in [2.05, 4.69) is 37.6 Å². The van der Waals surface area contributed by atoms with Crippen LogP contribution in [0.3, 0.4) is 0 Å². The molecule has 3 nitrogen and oxygen atoms in total. The summed E-state index contributed by atoms with van der Waals surface area (Å²) in [5.41, 5.74) is 6.51. The standard InChI is InChI=1S/C17H35N3/c1-5-20-10-6-7-16(20)12-19(4)17(13-18)11-14(2)8-9-15(17)3/h14-16H,5-13,18H2,1-4H3. The van der Waals surface area contributed by atoms with E-state index in [9.17, 15) is 0 Å². The fourth-order valence-corrected chi connectivity index (χ4v) is 4.70. The highest BCUT2D eigenvalue weighted by molar-refractivity contribution is 5.00. The third kappa shape index (κ3) is 3.05. The lowest BCUT2D eigenvalue weighted by molar-refractivity contribution is 0.00134. The predicted molar refractivity (Wildman–Crippen MR) is 86.9 cm³/mol. The van der Waals surface area contributed by atoms with E-state index >= 15 is 0 Å². The lowest BCUT2D eigenvalue weighted by atomic mass is 9.68. The summed E-state index contributed by atoms with van der Waals surface area (Å²) in [5, 5.41) is 0. The van der Waals surface area contributed by atoms with Crippen molar-refractivity contribution in [1.82, 2.24) is 9.80 Å². The Kier molecular flexibility index (Phi) is 5.49. The van der Waals surface area contributed by atoms with Gasteiger partial charge in [0.2, 0.25) is 0 Å². The molecule has 4 atom stereocenters. The summed E-state index contributed by atoms with van der Waals surface area (Å²) >= 11 is 0. The van der Waals surface area contributed by atoms with Crippen LogP contribution in [-0.2, 0) is 0 Å². The summed E-state index contributed by atoms with van der Waals surface area (Å²) in [5.74, 6) is 1.55. The zero-order valence-corrected chi connectivity index (χ0v) is 14.1. The van der Waals surface area contributed by atoms with Gasteiger partial charge in [-0.25, -0.2) is 0 Å². The number of hydrogen-bond acceptors (Lipinski definition) is 3. The molecular formula is C17H35N3. The zero-order valence-electron chi connectivity index (χ0n) is 14.1. The predicted octanol–water partition coefficient (Wildman–Crippen LogP) is 2.56. The van der Waals surface area contributed by atoms with Crippen LogP contribution in [0.4, 0.5) is 0 Å². The molecule has 0 radical (unpaired) electrons. The Morgan fingerprint density at radius 1 is 1.25 bits per heavy atom. The molecule has 1 aliphatic heterocycles. The van der Waals surface area contributed by atoms with Crippen molar-refractivity contribution in [2.24, 2.45) is 17.6 Å². The van der Waals surface area contributed by atoms with E-state index in [4.69, 9.17) is 5.73 Å². The largest absolute Gasteiger partial charge is 0.329 e. The molecule has 2 N–H and O–H groups in total. The van der Waals surface area contributed by atoms with Gasteiger partial charge < -0.3 is 5.73 Å². The molecule has 20 heavy (non-hydrogen) atoms. The lowest BCUT2D eigenvalue weighted by Crippen LogP contribution is -2.61. The van der Waals surface area contributed by atoms with Gasteiger partial charge in [-0.15, -0.1) is 0 Å². The topological polar surface area (TPSA) is 32.5 Å². The second kappa shape index (κ2) is 6.76. The molecule has 118 valence electrons. The second-order valence-electron chi connectivity index (χ2n) is 7.40. The van der Waals surface area contributed by atoms with Gasteiger partial charge in [-0.05, 0) is 57.7 Å². The summed E-state index contributed by atoms with van der Waals surface area (Å²) in [6, 6.07) is 0.748. The highest BCUT2D eigenvalue weighted by atomic mass is 15.3. The van der Waals surface area contributed by atoms with E-state index in [1.807, 2.05) is 0 Å². The molecule has 1 saturated carbocycles. The number of rotatable bonds is 5. The van der Waals surface area contributed by atoms with E-state index < -0.39 is 0 Å². The average molecular weight is 281 g/mol. The van der Waals surface area contributed by atoms with Gasteiger partial charge in [-0.1, -0.05) is 27.2 Å². The number of nitrogens with zero attached hydrogens (tertiary/aromatic N) is 2. The van der Waals surface area contributed by atoms with Crippen molar-refractivity contribution in [2.75, 3.05) is 33.2 Å². The maximum atomic E-state index is 6.28. The number of likely N-dealkylation sites (tertiary alicyclic amines) is 1. The molecule has 2 rings (SSSR count). The highest BCUT2D eigenvalue weighted by Crippen LogP contribution is 2.40. The van der Waals surface area contributed by atoms with Crippen LogP contribution in [0.2, 0.25) is 0 Å². The van der Waals surface area contributed by atoms with E-state index in [1.54, 1.807) is 0 Å².